The summed E-state index contributed by atoms with van der Waals surface area (Å²) >= 11 is 5.57. The van der Waals surface area contributed by atoms with E-state index < -0.39 is 17.2 Å². The predicted molar refractivity (Wildman–Crippen MR) is 61.1 cm³/mol. The molecule has 0 aliphatic rings. The Hall–Kier alpha value is -1.09. The summed E-state index contributed by atoms with van der Waals surface area (Å²) in [6.07, 6.45) is 0.560. The van der Waals surface area contributed by atoms with Crippen molar-refractivity contribution in [3.63, 3.8) is 0 Å². The maximum atomic E-state index is 13.2. The van der Waals surface area contributed by atoms with E-state index >= 15 is 0 Å². The number of carboxylic acids is 1. The molecule has 0 aromatic heterocycles. The fraction of sp³-hybridized carbons (Fsp3) is 0.417. The molecule has 0 amide bonds. The van der Waals surface area contributed by atoms with E-state index in [1.807, 2.05) is 13.8 Å². The quantitative estimate of drug-likeness (QED) is 0.880. The number of rotatable bonds is 4. The Morgan fingerprint density at radius 1 is 1.50 bits per heavy atom. The average molecular weight is 245 g/mol. The van der Waals surface area contributed by atoms with Crippen LogP contribution in [-0.2, 0) is 11.2 Å². The van der Waals surface area contributed by atoms with Gasteiger partial charge in [0.05, 0.1) is 11.4 Å². The molecule has 0 unspecified atom stereocenters. The highest BCUT2D eigenvalue weighted by Gasteiger charge is 2.22. The Labute approximate surface area is 99.0 Å². The van der Waals surface area contributed by atoms with Crippen molar-refractivity contribution in [3.8, 4) is 0 Å². The lowest BCUT2D eigenvalue weighted by molar-refractivity contribution is -0.139. The fourth-order valence-corrected chi connectivity index (χ4v) is 1.79. The van der Waals surface area contributed by atoms with Crippen LogP contribution in [-0.4, -0.2) is 11.1 Å². The van der Waals surface area contributed by atoms with Crippen LogP contribution in [0.4, 0.5) is 4.39 Å². The first-order valence-corrected chi connectivity index (χ1v) is 5.34. The third kappa shape index (κ3) is 3.81. The Bertz CT molecular complexity index is 402. The van der Waals surface area contributed by atoms with Gasteiger partial charge in [0.1, 0.15) is 5.82 Å². The van der Waals surface area contributed by atoms with Gasteiger partial charge in [-0.15, -0.1) is 0 Å². The van der Waals surface area contributed by atoms with Crippen molar-refractivity contribution in [2.24, 2.45) is 5.41 Å². The molecule has 0 saturated carbocycles. The summed E-state index contributed by atoms with van der Waals surface area (Å²) in [7, 11) is 0. The molecule has 4 heteroatoms. The van der Waals surface area contributed by atoms with E-state index in [4.69, 9.17) is 16.7 Å². The maximum absolute atomic E-state index is 13.2. The number of hydrogen-bond acceptors (Lipinski definition) is 1. The SMILES string of the molecule is CC(C)(CC(=O)O)Cc1ccc(Cl)c(F)c1. The van der Waals surface area contributed by atoms with E-state index in [0.29, 0.717) is 6.42 Å². The van der Waals surface area contributed by atoms with Crippen molar-refractivity contribution in [2.45, 2.75) is 26.7 Å². The van der Waals surface area contributed by atoms with Crippen LogP contribution in [0.3, 0.4) is 0 Å². The number of aliphatic carboxylic acids is 1. The molecule has 0 saturated heterocycles. The first-order chi connectivity index (χ1) is 7.30. The van der Waals surface area contributed by atoms with Gasteiger partial charge in [-0.05, 0) is 29.5 Å². The fourth-order valence-electron chi connectivity index (χ4n) is 1.67. The summed E-state index contributed by atoms with van der Waals surface area (Å²) in [5, 5.41) is 8.81. The zero-order valence-electron chi connectivity index (χ0n) is 9.26. The second-order valence-electron chi connectivity index (χ2n) is 4.66. The normalized spacial score (nSPS) is 11.5. The average Bonchev–Trinajstić information content (AvgIpc) is 2.08. The summed E-state index contributed by atoms with van der Waals surface area (Å²) in [5.74, 6) is -1.32. The third-order valence-electron chi connectivity index (χ3n) is 2.30. The van der Waals surface area contributed by atoms with Crippen LogP contribution in [0.1, 0.15) is 25.8 Å². The van der Waals surface area contributed by atoms with Crippen molar-refractivity contribution in [2.75, 3.05) is 0 Å². The van der Waals surface area contributed by atoms with Gasteiger partial charge in [0.25, 0.3) is 0 Å². The second kappa shape index (κ2) is 4.83. The van der Waals surface area contributed by atoms with E-state index in [1.54, 1.807) is 6.07 Å². The summed E-state index contributed by atoms with van der Waals surface area (Å²) < 4.78 is 13.2. The molecule has 0 bridgehead atoms. The molecule has 1 aromatic carbocycles. The number of hydrogen-bond donors (Lipinski definition) is 1. The number of halogens is 2. The lowest BCUT2D eigenvalue weighted by Gasteiger charge is -2.22. The summed E-state index contributed by atoms with van der Waals surface area (Å²) in [6.45, 7) is 3.68. The van der Waals surface area contributed by atoms with Crippen molar-refractivity contribution >= 4 is 17.6 Å². The molecule has 2 nitrogen and oxygen atoms in total. The van der Waals surface area contributed by atoms with Gasteiger partial charge < -0.3 is 5.11 Å². The molecule has 0 aliphatic carbocycles. The Morgan fingerprint density at radius 2 is 2.12 bits per heavy atom. The molecule has 16 heavy (non-hydrogen) atoms. The highest BCUT2D eigenvalue weighted by molar-refractivity contribution is 6.30. The summed E-state index contributed by atoms with van der Waals surface area (Å²) in [6, 6.07) is 4.56. The van der Waals surface area contributed by atoms with Crippen molar-refractivity contribution < 1.29 is 14.3 Å². The highest BCUT2D eigenvalue weighted by atomic mass is 35.5. The van der Waals surface area contributed by atoms with Gasteiger partial charge >= 0.3 is 5.97 Å². The molecular formula is C12H14ClFO2. The maximum Gasteiger partial charge on any atom is 0.303 e. The Kier molecular flexibility index (Phi) is 3.92. The number of carbonyl (C=O) groups is 1. The smallest absolute Gasteiger partial charge is 0.303 e. The van der Waals surface area contributed by atoms with Crippen LogP contribution in [0.25, 0.3) is 0 Å². The third-order valence-corrected chi connectivity index (χ3v) is 2.60. The molecule has 0 atom stereocenters. The van der Waals surface area contributed by atoms with Gasteiger partial charge in [-0.2, -0.15) is 0 Å². The lowest BCUT2D eigenvalue weighted by atomic mass is 9.83. The monoisotopic (exact) mass is 244 g/mol. The molecule has 0 fully saturated rings. The van der Waals surface area contributed by atoms with Gasteiger partial charge in [-0.3, -0.25) is 4.79 Å². The Morgan fingerprint density at radius 3 is 2.62 bits per heavy atom. The number of benzene rings is 1. The lowest BCUT2D eigenvalue weighted by Crippen LogP contribution is -2.19. The molecule has 0 radical (unpaired) electrons. The number of carboxylic acid groups (broad SMARTS) is 1. The molecule has 88 valence electrons. The van der Waals surface area contributed by atoms with Crippen LogP contribution >= 0.6 is 11.6 Å². The molecule has 0 spiro atoms. The molecule has 1 rings (SSSR count). The van der Waals surface area contributed by atoms with Crippen LogP contribution in [0.15, 0.2) is 18.2 Å². The Balaban J connectivity index is 2.79. The van der Waals surface area contributed by atoms with Crippen LogP contribution in [0, 0.1) is 11.2 Å². The zero-order chi connectivity index (χ0) is 12.3. The summed E-state index contributed by atoms with van der Waals surface area (Å²) in [4.78, 5) is 10.6. The van der Waals surface area contributed by atoms with E-state index in [-0.39, 0.29) is 11.4 Å². The standard InChI is InChI=1S/C12H14ClFO2/c1-12(2,7-11(15)16)6-8-3-4-9(13)10(14)5-8/h3-5H,6-7H2,1-2H3,(H,15,16). The molecule has 0 heterocycles. The minimum atomic E-state index is -0.848. The van der Waals surface area contributed by atoms with E-state index in [9.17, 15) is 9.18 Å². The van der Waals surface area contributed by atoms with Crippen molar-refractivity contribution in [3.05, 3.63) is 34.6 Å². The van der Waals surface area contributed by atoms with Gasteiger partial charge in [0.15, 0.2) is 0 Å². The van der Waals surface area contributed by atoms with Crippen LogP contribution in [0.2, 0.25) is 5.02 Å². The largest absolute Gasteiger partial charge is 0.481 e. The van der Waals surface area contributed by atoms with E-state index in [0.717, 1.165) is 5.56 Å². The minimum absolute atomic E-state index is 0.0528. The highest BCUT2D eigenvalue weighted by Crippen LogP contribution is 2.27. The topological polar surface area (TPSA) is 37.3 Å². The minimum Gasteiger partial charge on any atom is -0.481 e. The van der Waals surface area contributed by atoms with Crippen molar-refractivity contribution in [1.82, 2.24) is 0 Å². The van der Waals surface area contributed by atoms with E-state index in [1.165, 1.54) is 12.1 Å². The zero-order valence-corrected chi connectivity index (χ0v) is 10.0. The molecule has 1 aromatic rings. The molecule has 0 aliphatic heterocycles. The molecular weight excluding hydrogens is 231 g/mol. The van der Waals surface area contributed by atoms with Crippen LogP contribution < -0.4 is 0 Å². The van der Waals surface area contributed by atoms with E-state index in [2.05, 4.69) is 0 Å². The van der Waals surface area contributed by atoms with Gasteiger partial charge in [-0.25, -0.2) is 4.39 Å². The van der Waals surface area contributed by atoms with Crippen molar-refractivity contribution in [1.29, 1.82) is 0 Å². The first-order valence-electron chi connectivity index (χ1n) is 4.96. The second-order valence-corrected chi connectivity index (χ2v) is 5.07. The van der Waals surface area contributed by atoms with Gasteiger partial charge in [0.2, 0.25) is 0 Å². The van der Waals surface area contributed by atoms with Gasteiger partial charge in [-0.1, -0.05) is 31.5 Å². The molecule has 1 N–H and O–H groups in total. The predicted octanol–water partition coefficient (Wildman–Crippen LogP) is 3.52. The van der Waals surface area contributed by atoms with Crippen LogP contribution in [0.5, 0.6) is 0 Å². The first kappa shape index (κ1) is 13.0. The van der Waals surface area contributed by atoms with Gasteiger partial charge in [0, 0.05) is 0 Å². The summed E-state index contributed by atoms with van der Waals surface area (Å²) in [5.41, 5.74) is 0.361.